The molecular formula is C36H45N3O4. The van der Waals surface area contributed by atoms with E-state index in [-0.39, 0.29) is 11.9 Å². The Morgan fingerprint density at radius 1 is 0.698 bits per heavy atom. The Kier molecular flexibility index (Phi) is 11.3. The maximum absolute atomic E-state index is 11.1. The first kappa shape index (κ1) is 32.1. The maximum atomic E-state index is 11.1. The van der Waals surface area contributed by atoms with Crippen molar-refractivity contribution in [2.45, 2.75) is 85.9 Å². The molecule has 1 heterocycles. The van der Waals surface area contributed by atoms with E-state index >= 15 is 0 Å². The van der Waals surface area contributed by atoms with Crippen molar-refractivity contribution in [2.75, 3.05) is 13.2 Å². The number of phenols is 1. The van der Waals surface area contributed by atoms with E-state index in [9.17, 15) is 10.2 Å². The molecule has 2 N–H and O–H groups in total. The molecule has 0 saturated carbocycles. The fourth-order valence-electron chi connectivity index (χ4n) is 5.20. The third-order valence-electron chi connectivity index (χ3n) is 7.61. The van der Waals surface area contributed by atoms with Gasteiger partial charge in [0, 0.05) is 23.6 Å². The summed E-state index contributed by atoms with van der Waals surface area (Å²) in [6.07, 6.45) is 4.20. The van der Waals surface area contributed by atoms with Gasteiger partial charge in [0.2, 0.25) is 0 Å². The van der Waals surface area contributed by atoms with Gasteiger partial charge in [-0.25, -0.2) is 15.0 Å². The summed E-state index contributed by atoms with van der Waals surface area (Å²) < 4.78 is 11.8. The van der Waals surface area contributed by atoms with Crippen LogP contribution in [0.25, 0.3) is 34.2 Å². The van der Waals surface area contributed by atoms with Crippen molar-refractivity contribution in [2.24, 2.45) is 0 Å². The lowest BCUT2D eigenvalue weighted by atomic mass is 10.0. The fourth-order valence-corrected chi connectivity index (χ4v) is 5.20. The van der Waals surface area contributed by atoms with Crippen molar-refractivity contribution < 1.29 is 19.7 Å². The number of aliphatic hydroxyl groups is 1. The van der Waals surface area contributed by atoms with Crippen LogP contribution in [0.4, 0.5) is 0 Å². The standard InChI is InChI=1S/C36H45N3O4/c1-7-8-9-11-33(27(6)40)43-19-10-18-42-28-14-17-31(32(41)22-28)36-38-34(29-15-12-23(2)20-25(29)4)37-35(39-36)30-16-13-24(3)21-26(30)5/h12-17,20-22,27,33,40-41H,7-11,18-19H2,1-6H3. The number of hydrogen-bond acceptors (Lipinski definition) is 7. The molecule has 1 aromatic heterocycles. The molecule has 43 heavy (non-hydrogen) atoms. The van der Waals surface area contributed by atoms with Crippen LogP contribution in [-0.2, 0) is 4.74 Å². The minimum absolute atomic E-state index is 0.0307. The molecule has 228 valence electrons. The Bertz CT molecular complexity index is 1450. The number of rotatable bonds is 14. The molecule has 0 aliphatic rings. The van der Waals surface area contributed by atoms with Crippen molar-refractivity contribution in [3.05, 3.63) is 76.9 Å². The van der Waals surface area contributed by atoms with E-state index in [1.807, 2.05) is 44.2 Å². The number of hydrogen-bond donors (Lipinski definition) is 2. The fraction of sp³-hybridized carbons (Fsp3) is 0.417. The Hall–Kier alpha value is -3.81. The summed E-state index contributed by atoms with van der Waals surface area (Å²) in [5.41, 5.74) is 6.82. The van der Waals surface area contributed by atoms with Crippen LogP contribution in [0, 0.1) is 27.7 Å². The average Bonchev–Trinajstić information content (AvgIpc) is 2.96. The van der Waals surface area contributed by atoms with Gasteiger partial charge in [-0.15, -0.1) is 0 Å². The minimum atomic E-state index is -0.497. The van der Waals surface area contributed by atoms with Gasteiger partial charge in [0.25, 0.3) is 0 Å². The summed E-state index contributed by atoms with van der Waals surface area (Å²) in [5, 5.41) is 21.1. The normalized spacial score (nSPS) is 12.7. The van der Waals surface area contributed by atoms with E-state index in [0.717, 1.165) is 47.9 Å². The van der Waals surface area contributed by atoms with Gasteiger partial charge in [0.1, 0.15) is 11.5 Å². The summed E-state index contributed by atoms with van der Waals surface area (Å²) in [5.74, 6) is 2.09. The Balaban J connectivity index is 1.53. The zero-order valence-corrected chi connectivity index (χ0v) is 26.4. The first-order valence-corrected chi connectivity index (χ1v) is 15.3. The predicted molar refractivity (Wildman–Crippen MR) is 172 cm³/mol. The monoisotopic (exact) mass is 583 g/mol. The first-order valence-electron chi connectivity index (χ1n) is 15.3. The lowest BCUT2D eigenvalue weighted by molar-refractivity contribution is -0.0374. The van der Waals surface area contributed by atoms with Gasteiger partial charge >= 0.3 is 0 Å². The molecule has 3 aromatic carbocycles. The van der Waals surface area contributed by atoms with Crippen LogP contribution in [0.3, 0.4) is 0 Å². The van der Waals surface area contributed by atoms with Crippen LogP contribution >= 0.6 is 0 Å². The van der Waals surface area contributed by atoms with Crippen molar-refractivity contribution in [1.82, 2.24) is 15.0 Å². The number of phenolic OH excluding ortho intramolecular Hbond substituents is 1. The second-order valence-corrected chi connectivity index (χ2v) is 11.5. The average molecular weight is 584 g/mol. The van der Waals surface area contributed by atoms with Crippen molar-refractivity contribution >= 4 is 0 Å². The number of nitrogens with zero attached hydrogens (tertiary/aromatic N) is 3. The summed E-state index contributed by atoms with van der Waals surface area (Å²) in [7, 11) is 0. The van der Waals surface area contributed by atoms with Crippen LogP contribution in [0.1, 0.15) is 68.2 Å². The Morgan fingerprint density at radius 2 is 1.26 bits per heavy atom. The number of aryl methyl sites for hydroxylation is 4. The predicted octanol–water partition coefficient (Wildman–Crippen LogP) is 7.93. The summed E-state index contributed by atoms with van der Waals surface area (Å²) in [4.78, 5) is 14.5. The Labute approximate surface area is 256 Å². The number of benzene rings is 3. The van der Waals surface area contributed by atoms with Gasteiger partial charge in [0.15, 0.2) is 17.5 Å². The number of unbranched alkanes of at least 4 members (excludes halogenated alkanes) is 2. The van der Waals surface area contributed by atoms with Crippen LogP contribution < -0.4 is 4.74 Å². The van der Waals surface area contributed by atoms with Gasteiger partial charge in [0.05, 0.1) is 31.0 Å². The molecule has 0 spiro atoms. The van der Waals surface area contributed by atoms with Crippen LogP contribution in [-0.4, -0.2) is 50.6 Å². The van der Waals surface area contributed by atoms with E-state index < -0.39 is 6.10 Å². The zero-order valence-electron chi connectivity index (χ0n) is 26.4. The minimum Gasteiger partial charge on any atom is -0.507 e. The molecule has 7 heteroatoms. The molecule has 0 bridgehead atoms. The van der Waals surface area contributed by atoms with E-state index in [0.29, 0.717) is 48.4 Å². The molecule has 2 atom stereocenters. The molecule has 2 unspecified atom stereocenters. The molecule has 0 radical (unpaired) electrons. The van der Waals surface area contributed by atoms with E-state index in [4.69, 9.17) is 24.4 Å². The highest BCUT2D eigenvalue weighted by atomic mass is 16.5. The molecule has 0 saturated heterocycles. The van der Waals surface area contributed by atoms with Crippen LogP contribution in [0.15, 0.2) is 54.6 Å². The number of aliphatic hydroxyl groups excluding tert-OH is 1. The van der Waals surface area contributed by atoms with Gasteiger partial charge in [-0.05, 0) is 64.3 Å². The molecule has 0 aliphatic heterocycles. The van der Waals surface area contributed by atoms with Crippen LogP contribution in [0.5, 0.6) is 11.5 Å². The molecule has 7 nitrogen and oxygen atoms in total. The molecule has 4 aromatic rings. The number of ether oxygens (including phenoxy) is 2. The largest absolute Gasteiger partial charge is 0.507 e. The van der Waals surface area contributed by atoms with E-state index in [1.165, 1.54) is 11.1 Å². The maximum Gasteiger partial charge on any atom is 0.167 e. The smallest absolute Gasteiger partial charge is 0.167 e. The lowest BCUT2D eigenvalue weighted by Crippen LogP contribution is -2.27. The summed E-state index contributed by atoms with van der Waals surface area (Å²) in [6.45, 7) is 13.1. The van der Waals surface area contributed by atoms with Gasteiger partial charge < -0.3 is 19.7 Å². The summed E-state index contributed by atoms with van der Waals surface area (Å²) in [6, 6.07) is 17.6. The van der Waals surface area contributed by atoms with E-state index in [2.05, 4.69) is 32.9 Å². The van der Waals surface area contributed by atoms with Gasteiger partial charge in [-0.1, -0.05) is 73.7 Å². The third kappa shape index (κ3) is 8.62. The SMILES string of the molecule is CCCCCC(OCCCOc1ccc(-c2nc(-c3ccc(C)cc3C)nc(-c3ccc(C)cc3C)n2)c(O)c1)C(C)O. The van der Waals surface area contributed by atoms with Crippen molar-refractivity contribution in [3.8, 4) is 45.7 Å². The highest BCUT2D eigenvalue weighted by Crippen LogP contribution is 2.34. The number of aromatic nitrogens is 3. The second kappa shape index (κ2) is 15.1. The first-order chi connectivity index (χ1) is 20.7. The third-order valence-corrected chi connectivity index (χ3v) is 7.61. The van der Waals surface area contributed by atoms with E-state index in [1.54, 1.807) is 19.1 Å². The quantitative estimate of drug-likeness (QED) is 0.146. The topological polar surface area (TPSA) is 97.6 Å². The molecule has 0 aliphatic carbocycles. The molecule has 0 amide bonds. The highest BCUT2D eigenvalue weighted by Gasteiger charge is 2.18. The summed E-state index contributed by atoms with van der Waals surface area (Å²) >= 11 is 0. The highest BCUT2D eigenvalue weighted by molar-refractivity contribution is 5.72. The molecule has 0 fully saturated rings. The Morgan fingerprint density at radius 3 is 1.77 bits per heavy atom. The lowest BCUT2D eigenvalue weighted by Gasteiger charge is -2.20. The molecular weight excluding hydrogens is 538 g/mol. The number of aromatic hydroxyl groups is 1. The second-order valence-electron chi connectivity index (χ2n) is 11.5. The van der Waals surface area contributed by atoms with Crippen molar-refractivity contribution in [3.63, 3.8) is 0 Å². The molecule has 4 rings (SSSR count). The van der Waals surface area contributed by atoms with Crippen LogP contribution in [0.2, 0.25) is 0 Å². The van der Waals surface area contributed by atoms with Gasteiger partial charge in [-0.2, -0.15) is 0 Å². The van der Waals surface area contributed by atoms with Crippen molar-refractivity contribution in [1.29, 1.82) is 0 Å². The zero-order chi connectivity index (χ0) is 30.9. The van der Waals surface area contributed by atoms with Gasteiger partial charge in [-0.3, -0.25) is 0 Å².